The molecule has 28 heavy (non-hydrogen) atoms. The molecule has 0 fully saturated rings. The lowest BCUT2D eigenvalue weighted by Gasteiger charge is -2.28. The number of hydrogen-bond acceptors (Lipinski definition) is 4. The topological polar surface area (TPSA) is 115 Å². The van der Waals surface area contributed by atoms with E-state index < -0.39 is 19.9 Å². The van der Waals surface area contributed by atoms with Crippen molar-refractivity contribution in [3.63, 3.8) is 0 Å². The monoisotopic (exact) mass is 470 g/mol. The first-order valence-corrected chi connectivity index (χ1v) is 14.6. The van der Waals surface area contributed by atoms with E-state index in [1.165, 1.54) is 4.90 Å². The Morgan fingerprint density at radius 1 is 0.679 bits per heavy atom. The summed E-state index contributed by atoms with van der Waals surface area (Å²) in [6, 6.07) is 0. The molecule has 0 heterocycles. The third-order valence-electron chi connectivity index (χ3n) is 4.39. The van der Waals surface area contributed by atoms with Crippen molar-refractivity contribution in [2.75, 3.05) is 0 Å². The molecule has 1 rings (SSSR count). The molecule has 0 aromatic heterocycles. The lowest BCUT2D eigenvalue weighted by atomic mass is 9.92. The molecule has 0 unspecified atom stereocenters. The first-order chi connectivity index (χ1) is 12.8. The van der Waals surface area contributed by atoms with E-state index in [-0.39, 0.29) is 0 Å². The first-order valence-electron chi connectivity index (χ1n) is 9.46. The quantitative estimate of drug-likeness (QED) is 0.274. The Morgan fingerprint density at radius 2 is 0.964 bits per heavy atom. The average molecular weight is 471 g/mol. The van der Waals surface area contributed by atoms with Crippen molar-refractivity contribution in [1.29, 1.82) is 0 Å². The second-order valence-corrected chi connectivity index (χ2v) is 14.0. The summed E-state index contributed by atoms with van der Waals surface area (Å²) >= 11 is 2.44. The Morgan fingerprint density at radius 3 is 1.18 bits per heavy atom. The molecular weight excluding hydrogens is 438 g/mol. The van der Waals surface area contributed by atoms with Crippen LogP contribution in [-0.4, -0.2) is 29.6 Å². The van der Waals surface area contributed by atoms with Gasteiger partial charge in [0.2, 0.25) is 4.73 Å². The number of benzene rings is 1. The minimum Gasteiger partial charge on any atom is -0.323 e. The van der Waals surface area contributed by atoms with Crippen molar-refractivity contribution in [2.24, 2.45) is 0 Å². The molecule has 10 heteroatoms. The van der Waals surface area contributed by atoms with Crippen molar-refractivity contribution in [3.8, 4) is 0 Å². The van der Waals surface area contributed by atoms with E-state index in [0.717, 1.165) is 35.1 Å². The van der Waals surface area contributed by atoms with Gasteiger partial charge in [0.05, 0.1) is 0 Å². The second kappa shape index (κ2) is 10.5. The Bertz CT molecular complexity index is 730. The standard InChI is InChI=1S/C18H32O6P2S2/c1-7-12-14(9-3)17(28-18(25(19,20)21)26(22,23)24)15(10-4)13(8-2)16(12)27-11(5)6/h11,18H,7-10H2,1-6H3,(H2,19,20,21)(H2,22,23,24). The van der Waals surface area contributed by atoms with E-state index in [4.69, 9.17) is 0 Å². The van der Waals surface area contributed by atoms with Crippen molar-refractivity contribution < 1.29 is 28.7 Å². The summed E-state index contributed by atoms with van der Waals surface area (Å²) in [6.45, 7) is 12.3. The Hall–Kier alpha value is 0.220. The van der Waals surface area contributed by atoms with E-state index in [9.17, 15) is 28.7 Å². The van der Waals surface area contributed by atoms with Crippen LogP contribution in [0.15, 0.2) is 9.79 Å². The van der Waals surface area contributed by atoms with Crippen LogP contribution in [-0.2, 0) is 34.8 Å². The highest BCUT2D eigenvalue weighted by Crippen LogP contribution is 2.66. The molecule has 0 aliphatic heterocycles. The van der Waals surface area contributed by atoms with Crippen molar-refractivity contribution in [3.05, 3.63) is 22.3 Å². The molecule has 1 aromatic rings. The van der Waals surface area contributed by atoms with Gasteiger partial charge in [-0.25, -0.2) is 0 Å². The van der Waals surface area contributed by atoms with Crippen LogP contribution in [0.5, 0.6) is 0 Å². The van der Waals surface area contributed by atoms with E-state index in [1.54, 1.807) is 11.8 Å². The van der Waals surface area contributed by atoms with Gasteiger partial charge in [-0.3, -0.25) is 9.13 Å². The van der Waals surface area contributed by atoms with Gasteiger partial charge in [0, 0.05) is 15.0 Å². The lowest BCUT2D eigenvalue weighted by Crippen LogP contribution is -2.11. The molecule has 1 aromatic carbocycles. The van der Waals surface area contributed by atoms with Crippen LogP contribution >= 0.6 is 38.7 Å². The van der Waals surface area contributed by atoms with E-state index in [0.29, 0.717) is 34.7 Å². The van der Waals surface area contributed by atoms with Crippen LogP contribution in [0.4, 0.5) is 0 Å². The molecule has 0 aliphatic rings. The summed E-state index contributed by atoms with van der Waals surface area (Å²) in [6.07, 6.45) is 2.75. The summed E-state index contributed by atoms with van der Waals surface area (Å²) in [5, 5.41) is 0.376. The largest absolute Gasteiger partial charge is 0.351 e. The molecule has 162 valence electrons. The van der Waals surface area contributed by atoms with Gasteiger partial charge < -0.3 is 19.6 Å². The maximum Gasteiger partial charge on any atom is 0.351 e. The Kier molecular flexibility index (Phi) is 9.84. The van der Waals surface area contributed by atoms with Crippen LogP contribution < -0.4 is 0 Å². The van der Waals surface area contributed by atoms with Gasteiger partial charge in [0.1, 0.15) is 0 Å². The summed E-state index contributed by atoms with van der Waals surface area (Å²) in [7, 11) is -10.0. The van der Waals surface area contributed by atoms with E-state index in [1.807, 2.05) is 27.7 Å². The highest BCUT2D eigenvalue weighted by molar-refractivity contribution is 8.12. The fourth-order valence-corrected chi connectivity index (χ4v) is 8.99. The van der Waals surface area contributed by atoms with Gasteiger partial charge in [-0.2, -0.15) is 0 Å². The summed E-state index contributed by atoms with van der Waals surface area (Å²) in [5.74, 6) is 0. The highest BCUT2D eigenvalue weighted by atomic mass is 32.2. The molecule has 0 aliphatic carbocycles. The number of thioether (sulfide) groups is 2. The van der Waals surface area contributed by atoms with Crippen LogP contribution in [0.1, 0.15) is 63.8 Å². The van der Waals surface area contributed by atoms with Crippen molar-refractivity contribution >= 4 is 38.7 Å². The van der Waals surface area contributed by atoms with Gasteiger partial charge >= 0.3 is 15.2 Å². The number of hydrogen-bond donors (Lipinski definition) is 4. The minimum absolute atomic E-state index is 0.376. The number of rotatable bonds is 10. The molecule has 0 saturated heterocycles. The molecular formula is C18H32O6P2S2. The van der Waals surface area contributed by atoms with Gasteiger partial charge in [-0.1, -0.05) is 53.3 Å². The third-order valence-corrected chi connectivity index (χ3v) is 11.8. The van der Waals surface area contributed by atoms with Gasteiger partial charge in [0.25, 0.3) is 0 Å². The second-order valence-electron chi connectivity index (χ2n) is 6.78. The fraction of sp³-hybridized carbons (Fsp3) is 0.667. The predicted octanol–water partition coefficient (Wildman–Crippen LogP) is 5.17. The maximum atomic E-state index is 11.9. The zero-order valence-corrected chi connectivity index (χ0v) is 20.7. The zero-order chi connectivity index (χ0) is 21.9. The molecule has 0 amide bonds. The van der Waals surface area contributed by atoms with Crippen LogP contribution in [0.2, 0.25) is 0 Å². The fourth-order valence-electron chi connectivity index (χ4n) is 3.37. The molecule has 0 radical (unpaired) electrons. The molecule has 0 bridgehead atoms. The van der Waals surface area contributed by atoms with Gasteiger partial charge in [-0.05, 0) is 47.9 Å². The predicted molar refractivity (Wildman–Crippen MR) is 119 cm³/mol. The summed E-state index contributed by atoms with van der Waals surface area (Å²) in [4.78, 5) is 40.3. The van der Waals surface area contributed by atoms with E-state index >= 15 is 0 Å². The van der Waals surface area contributed by atoms with Crippen LogP contribution in [0, 0.1) is 0 Å². The lowest BCUT2D eigenvalue weighted by molar-refractivity contribution is 0.352. The molecule has 6 nitrogen and oxygen atoms in total. The maximum absolute atomic E-state index is 11.9. The van der Waals surface area contributed by atoms with Crippen LogP contribution in [0.25, 0.3) is 0 Å². The minimum atomic E-state index is -5.01. The molecule has 0 spiro atoms. The Balaban J connectivity index is 3.88. The average Bonchev–Trinajstić information content (AvgIpc) is 2.56. The third kappa shape index (κ3) is 6.12. The molecule has 0 atom stereocenters. The van der Waals surface area contributed by atoms with E-state index in [2.05, 4.69) is 13.8 Å². The molecule has 0 saturated carbocycles. The highest BCUT2D eigenvalue weighted by Gasteiger charge is 2.45. The van der Waals surface area contributed by atoms with Crippen molar-refractivity contribution in [1.82, 2.24) is 0 Å². The van der Waals surface area contributed by atoms with Crippen molar-refractivity contribution in [2.45, 2.75) is 87.0 Å². The SMILES string of the molecule is CCc1c(CC)c(SC(P(=O)(O)O)P(=O)(O)O)c(CC)c(CC)c1SC(C)C. The van der Waals surface area contributed by atoms with Gasteiger partial charge in [0.15, 0.2) is 0 Å². The summed E-state index contributed by atoms with van der Waals surface area (Å²) < 4.78 is 21.7. The smallest absolute Gasteiger partial charge is 0.323 e. The van der Waals surface area contributed by atoms with Gasteiger partial charge in [-0.15, -0.1) is 11.8 Å². The first kappa shape index (κ1) is 26.3. The molecule has 4 N–H and O–H groups in total. The van der Waals surface area contributed by atoms with Crippen LogP contribution in [0.3, 0.4) is 0 Å². The zero-order valence-electron chi connectivity index (χ0n) is 17.3. The summed E-state index contributed by atoms with van der Waals surface area (Å²) in [5.41, 5.74) is 4.12. The Labute approximate surface area is 176 Å². The normalized spacial score (nSPS) is 13.0.